The van der Waals surface area contributed by atoms with Crippen LogP contribution >= 0.6 is 0 Å². The highest BCUT2D eigenvalue weighted by Gasteiger charge is 2.27. The van der Waals surface area contributed by atoms with E-state index in [1.165, 1.54) is 4.31 Å². The van der Waals surface area contributed by atoms with Crippen LogP contribution in [-0.2, 0) is 26.7 Å². The molecule has 2 N–H and O–H groups in total. The second-order valence-corrected chi connectivity index (χ2v) is 9.49. The maximum absolute atomic E-state index is 12.2. The summed E-state index contributed by atoms with van der Waals surface area (Å²) in [6.45, 7) is 0.394. The van der Waals surface area contributed by atoms with Gasteiger partial charge in [-0.05, 0) is 37.0 Å². The SMILES string of the molecule is CS(=O)(=O)N1CCc2ccc(NS(=O)(=O)NC3CCCC3)cc21. The lowest BCUT2D eigenvalue weighted by molar-refractivity contribution is 0.557. The third-order valence-electron chi connectivity index (χ3n) is 4.27. The van der Waals surface area contributed by atoms with Gasteiger partial charge in [-0.3, -0.25) is 9.03 Å². The number of anilines is 2. The van der Waals surface area contributed by atoms with Crippen LogP contribution in [0.1, 0.15) is 31.2 Å². The Bertz CT molecular complexity index is 799. The van der Waals surface area contributed by atoms with Crippen LogP contribution < -0.4 is 13.7 Å². The Morgan fingerprint density at radius 3 is 2.48 bits per heavy atom. The van der Waals surface area contributed by atoms with Crippen molar-refractivity contribution in [3.8, 4) is 0 Å². The number of nitrogens with zero attached hydrogens (tertiary/aromatic N) is 1. The molecule has 0 saturated heterocycles. The third-order valence-corrected chi connectivity index (χ3v) is 6.60. The first-order valence-corrected chi connectivity index (χ1v) is 11.0. The molecule has 23 heavy (non-hydrogen) atoms. The topological polar surface area (TPSA) is 95.6 Å². The molecule has 1 aromatic rings. The lowest BCUT2D eigenvalue weighted by Gasteiger charge is -2.18. The maximum atomic E-state index is 12.2. The number of sulfonamides is 1. The van der Waals surface area contributed by atoms with E-state index in [0.29, 0.717) is 24.3 Å². The second kappa shape index (κ2) is 5.95. The van der Waals surface area contributed by atoms with Gasteiger partial charge in [-0.15, -0.1) is 0 Å². The third kappa shape index (κ3) is 3.78. The first-order valence-electron chi connectivity index (χ1n) is 7.65. The Labute approximate surface area is 137 Å². The first kappa shape index (κ1) is 16.5. The first-order chi connectivity index (χ1) is 10.7. The molecule has 1 saturated carbocycles. The van der Waals surface area contributed by atoms with Gasteiger partial charge in [0.15, 0.2) is 0 Å². The zero-order chi connectivity index (χ0) is 16.7. The van der Waals surface area contributed by atoms with E-state index in [2.05, 4.69) is 9.44 Å². The van der Waals surface area contributed by atoms with Gasteiger partial charge < -0.3 is 0 Å². The number of rotatable bonds is 5. The van der Waals surface area contributed by atoms with Crippen molar-refractivity contribution in [2.24, 2.45) is 0 Å². The molecule has 0 radical (unpaired) electrons. The summed E-state index contributed by atoms with van der Waals surface area (Å²) in [7, 11) is -7.01. The normalized spacial score (nSPS) is 19.1. The highest BCUT2D eigenvalue weighted by Crippen LogP contribution is 2.32. The van der Waals surface area contributed by atoms with Crippen molar-refractivity contribution in [2.75, 3.05) is 21.8 Å². The summed E-state index contributed by atoms with van der Waals surface area (Å²) in [5, 5.41) is 0. The molecule has 0 atom stereocenters. The molecular weight excluding hydrogens is 338 g/mol. The van der Waals surface area contributed by atoms with Crippen molar-refractivity contribution >= 4 is 31.6 Å². The van der Waals surface area contributed by atoms with Gasteiger partial charge >= 0.3 is 0 Å². The van der Waals surface area contributed by atoms with Gasteiger partial charge in [-0.1, -0.05) is 18.9 Å². The number of hydrogen-bond acceptors (Lipinski definition) is 4. The molecule has 1 fully saturated rings. The van der Waals surface area contributed by atoms with E-state index in [0.717, 1.165) is 37.5 Å². The van der Waals surface area contributed by atoms with E-state index in [1.54, 1.807) is 18.2 Å². The van der Waals surface area contributed by atoms with Crippen LogP contribution in [0.15, 0.2) is 18.2 Å². The number of fused-ring (bicyclic) bond motifs is 1. The summed E-state index contributed by atoms with van der Waals surface area (Å²) in [6, 6.07) is 5.00. The zero-order valence-electron chi connectivity index (χ0n) is 12.9. The molecule has 128 valence electrons. The molecule has 1 aromatic carbocycles. The minimum Gasteiger partial charge on any atom is -0.271 e. The summed E-state index contributed by atoms with van der Waals surface area (Å²) in [4.78, 5) is 0. The van der Waals surface area contributed by atoms with E-state index in [-0.39, 0.29) is 6.04 Å². The molecule has 0 spiro atoms. The standard InChI is InChI=1S/C14H21N3O4S2/c1-22(18,19)17-9-8-11-6-7-13(10-14(11)17)16-23(20,21)15-12-4-2-3-5-12/h6-7,10,12,15-16H,2-5,8-9H2,1H3. The van der Waals surface area contributed by atoms with Crippen LogP contribution in [0, 0.1) is 0 Å². The average molecular weight is 359 g/mol. The average Bonchev–Trinajstić information content (AvgIpc) is 3.05. The minimum atomic E-state index is -3.66. The monoisotopic (exact) mass is 359 g/mol. The van der Waals surface area contributed by atoms with Crippen molar-refractivity contribution in [1.82, 2.24) is 4.72 Å². The van der Waals surface area contributed by atoms with Crippen LogP contribution in [0.3, 0.4) is 0 Å². The summed E-state index contributed by atoms with van der Waals surface area (Å²) in [5.74, 6) is 0. The fourth-order valence-corrected chi connectivity index (χ4v) is 5.33. The lowest BCUT2D eigenvalue weighted by Crippen LogP contribution is -2.37. The molecule has 0 amide bonds. The van der Waals surface area contributed by atoms with Gasteiger partial charge in [0.2, 0.25) is 10.0 Å². The highest BCUT2D eigenvalue weighted by molar-refractivity contribution is 7.92. The highest BCUT2D eigenvalue weighted by atomic mass is 32.2. The van der Waals surface area contributed by atoms with Crippen molar-refractivity contribution in [3.05, 3.63) is 23.8 Å². The van der Waals surface area contributed by atoms with E-state index >= 15 is 0 Å². The summed E-state index contributed by atoms with van der Waals surface area (Å²) in [5.41, 5.74) is 1.82. The number of nitrogens with one attached hydrogen (secondary N) is 2. The molecule has 3 rings (SSSR count). The van der Waals surface area contributed by atoms with Gasteiger partial charge in [0.25, 0.3) is 10.2 Å². The molecule has 0 aromatic heterocycles. The van der Waals surface area contributed by atoms with Crippen LogP contribution in [0.5, 0.6) is 0 Å². The zero-order valence-corrected chi connectivity index (χ0v) is 14.6. The molecule has 2 aliphatic rings. The molecule has 9 heteroatoms. The van der Waals surface area contributed by atoms with Gasteiger partial charge in [-0.25, -0.2) is 8.42 Å². The summed E-state index contributed by atoms with van der Waals surface area (Å²) >= 11 is 0. The number of hydrogen-bond donors (Lipinski definition) is 2. The van der Waals surface area contributed by atoms with Gasteiger partial charge in [0.1, 0.15) is 0 Å². The Hall–Kier alpha value is -1.32. The van der Waals surface area contributed by atoms with Crippen LogP contribution in [0.25, 0.3) is 0 Å². The molecule has 1 aliphatic heterocycles. The van der Waals surface area contributed by atoms with Crippen LogP contribution in [0.4, 0.5) is 11.4 Å². The largest absolute Gasteiger partial charge is 0.299 e. The van der Waals surface area contributed by atoms with Gasteiger partial charge in [0, 0.05) is 12.6 Å². The van der Waals surface area contributed by atoms with Crippen molar-refractivity contribution < 1.29 is 16.8 Å². The Morgan fingerprint density at radius 2 is 1.83 bits per heavy atom. The van der Waals surface area contributed by atoms with Crippen molar-refractivity contribution in [2.45, 2.75) is 38.1 Å². The quantitative estimate of drug-likeness (QED) is 0.826. The van der Waals surface area contributed by atoms with E-state index in [9.17, 15) is 16.8 Å². The Balaban J connectivity index is 1.79. The molecular formula is C14H21N3O4S2. The van der Waals surface area contributed by atoms with E-state index in [1.807, 2.05) is 0 Å². The van der Waals surface area contributed by atoms with E-state index < -0.39 is 20.2 Å². The molecule has 1 heterocycles. The predicted octanol–water partition coefficient (Wildman–Crippen LogP) is 1.20. The fourth-order valence-electron chi connectivity index (χ4n) is 3.21. The summed E-state index contributed by atoms with van der Waals surface area (Å²) in [6.07, 6.45) is 5.57. The van der Waals surface area contributed by atoms with Crippen molar-refractivity contribution in [3.63, 3.8) is 0 Å². The van der Waals surface area contributed by atoms with E-state index in [4.69, 9.17) is 0 Å². The minimum absolute atomic E-state index is 0.0190. The van der Waals surface area contributed by atoms with Gasteiger partial charge in [-0.2, -0.15) is 13.1 Å². The van der Waals surface area contributed by atoms with Crippen LogP contribution in [0.2, 0.25) is 0 Å². The predicted molar refractivity (Wildman–Crippen MR) is 90.3 cm³/mol. The summed E-state index contributed by atoms with van der Waals surface area (Å²) < 4.78 is 54.4. The Morgan fingerprint density at radius 1 is 1.13 bits per heavy atom. The van der Waals surface area contributed by atoms with Crippen LogP contribution in [-0.4, -0.2) is 35.7 Å². The second-order valence-electron chi connectivity index (χ2n) is 6.13. The molecule has 7 nitrogen and oxygen atoms in total. The molecule has 1 aliphatic carbocycles. The lowest BCUT2D eigenvalue weighted by atomic mass is 10.1. The fraction of sp³-hybridized carbons (Fsp3) is 0.571. The van der Waals surface area contributed by atoms with Crippen molar-refractivity contribution in [1.29, 1.82) is 0 Å². The smallest absolute Gasteiger partial charge is 0.271 e. The maximum Gasteiger partial charge on any atom is 0.299 e. The molecule has 0 bridgehead atoms. The molecule has 0 unspecified atom stereocenters. The Kier molecular flexibility index (Phi) is 4.28. The number of benzene rings is 1. The van der Waals surface area contributed by atoms with Gasteiger partial charge in [0.05, 0.1) is 17.6 Å².